The lowest BCUT2D eigenvalue weighted by Gasteiger charge is -2.18. The Morgan fingerprint density at radius 1 is 1.06 bits per heavy atom. The molecule has 0 aliphatic carbocycles. The summed E-state index contributed by atoms with van der Waals surface area (Å²) in [6.07, 6.45) is 0.798. The lowest BCUT2D eigenvalue weighted by Crippen LogP contribution is -2.49. The van der Waals surface area contributed by atoms with Crippen LogP contribution in [0.15, 0.2) is 0 Å². The van der Waals surface area contributed by atoms with E-state index in [4.69, 9.17) is 10.2 Å². The van der Waals surface area contributed by atoms with Crippen LogP contribution in [0.5, 0.6) is 0 Å². The molecule has 0 heterocycles. The van der Waals surface area contributed by atoms with Crippen LogP contribution < -0.4 is 10.6 Å². The highest BCUT2D eigenvalue weighted by Gasteiger charge is 2.23. The second-order valence-electron chi connectivity index (χ2n) is 3.62. The van der Waals surface area contributed by atoms with Gasteiger partial charge >= 0.3 is 18.0 Å². The summed E-state index contributed by atoms with van der Waals surface area (Å²) in [5, 5.41) is 21.9. The molecule has 0 radical (unpaired) electrons. The van der Waals surface area contributed by atoms with E-state index in [1.165, 1.54) is 0 Å². The molecule has 0 saturated carbocycles. The fraction of sp³-hybridized carbons (Fsp3) is 0.700. The zero-order chi connectivity index (χ0) is 13.4. The molecule has 7 heteroatoms. The van der Waals surface area contributed by atoms with E-state index in [0.717, 1.165) is 12.8 Å². The molecule has 17 heavy (non-hydrogen) atoms. The highest BCUT2D eigenvalue weighted by Crippen LogP contribution is 1.97. The molecule has 0 bridgehead atoms. The first kappa shape index (κ1) is 15.2. The van der Waals surface area contributed by atoms with Crippen LogP contribution in [0.2, 0.25) is 0 Å². The molecule has 0 saturated heterocycles. The summed E-state index contributed by atoms with van der Waals surface area (Å²) >= 11 is 0. The first-order chi connectivity index (χ1) is 7.90. The smallest absolute Gasteiger partial charge is 0.326 e. The summed E-state index contributed by atoms with van der Waals surface area (Å²) in [4.78, 5) is 32.5. The van der Waals surface area contributed by atoms with E-state index in [1.54, 1.807) is 0 Å². The van der Waals surface area contributed by atoms with Crippen molar-refractivity contribution in [3.05, 3.63) is 0 Å². The lowest BCUT2D eigenvalue weighted by atomic mass is 10.2. The van der Waals surface area contributed by atoms with Gasteiger partial charge in [0.05, 0.1) is 6.42 Å². The van der Waals surface area contributed by atoms with Crippen LogP contribution in [0, 0.1) is 0 Å². The van der Waals surface area contributed by atoms with Crippen molar-refractivity contribution in [3.63, 3.8) is 0 Å². The Labute approximate surface area is 99.2 Å². The number of hydrogen-bond donors (Lipinski definition) is 4. The first-order valence-corrected chi connectivity index (χ1v) is 5.42. The predicted molar refractivity (Wildman–Crippen MR) is 59.7 cm³/mol. The molecular formula is C10H18N2O5. The maximum absolute atomic E-state index is 11.4. The van der Waals surface area contributed by atoms with Gasteiger partial charge in [0, 0.05) is 6.04 Å². The second-order valence-corrected chi connectivity index (χ2v) is 3.62. The Hall–Kier alpha value is -1.79. The highest BCUT2D eigenvalue weighted by molar-refractivity contribution is 5.86. The molecule has 0 aromatic carbocycles. The monoisotopic (exact) mass is 246 g/mol. The number of carboxylic acids is 2. The Kier molecular flexibility index (Phi) is 6.69. The molecule has 0 rings (SSSR count). The summed E-state index contributed by atoms with van der Waals surface area (Å²) in [7, 11) is 0. The van der Waals surface area contributed by atoms with E-state index in [2.05, 4.69) is 10.6 Å². The minimum atomic E-state index is -1.41. The van der Waals surface area contributed by atoms with Crippen LogP contribution in [-0.2, 0) is 9.59 Å². The number of rotatable bonds is 7. The SMILES string of the molecule is CCC(CC)NC(=O)N[C@H](CC(=O)O)C(=O)O. The molecule has 98 valence electrons. The van der Waals surface area contributed by atoms with Crippen LogP contribution in [0.4, 0.5) is 4.79 Å². The Balaban J connectivity index is 4.30. The van der Waals surface area contributed by atoms with Crippen molar-refractivity contribution >= 4 is 18.0 Å². The van der Waals surface area contributed by atoms with Crippen molar-refractivity contribution in [1.82, 2.24) is 10.6 Å². The van der Waals surface area contributed by atoms with Crippen molar-refractivity contribution in [2.24, 2.45) is 0 Å². The first-order valence-electron chi connectivity index (χ1n) is 5.42. The summed E-state index contributed by atoms with van der Waals surface area (Å²) in [5.41, 5.74) is 0. The van der Waals surface area contributed by atoms with Gasteiger partial charge in [-0.2, -0.15) is 0 Å². The maximum atomic E-state index is 11.4. The minimum absolute atomic E-state index is 0.0470. The number of hydrogen-bond acceptors (Lipinski definition) is 3. The van der Waals surface area contributed by atoms with Crippen LogP contribution in [0.25, 0.3) is 0 Å². The largest absolute Gasteiger partial charge is 0.481 e. The summed E-state index contributed by atoms with van der Waals surface area (Å²) < 4.78 is 0. The maximum Gasteiger partial charge on any atom is 0.326 e. The van der Waals surface area contributed by atoms with E-state index in [9.17, 15) is 14.4 Å². The average Bonchev–Trinajstić information content (AvgIpc) is 2.24. The fourth-order valence-electron chi connectivity index (χ4n) is 1.25. The van der Waals surface area contributed by atoms with Gasteiger partial charge in [0.15, 0.2) is 0 Å². The normalized spacial score (nSPS) is 11.9. The quantitative estimate of drug-likeness (QED) is 0.519. The van der Waals surface area contributed by atoms with Crippen LogP contribution >= 0.6 is 0 Å². The number of carboxylic acid groups (broad SMARTS) is 2. The molecule has 0 unspecified atom stereocenters. The molecule has 0 fully saturated rings. The van der Waals surface area contributed by atoms with Crippen molar-refractivity contribution in [2.75, 3.05) is 0 Å². The zero-order valence-electron chi connectivity index (χ0n) is 9.90. The Morgan fingerprint density at radius 3 is 1.94 bits per heavy atom. The Bertz CT molecular complexity index is 288. The van der Waals surface area contributed by atoms with Crippen LogP contribution in [-0.4, -0.2) is 40.3 Å². The number of carbonyl (C=O) groups excluding carboxylic acids is 1. The number of urea groups is 1. The molecular weight excluding hydrogens is 228 g/mol. The molecule has 4 N–H and O–H groups in total. The van der Waals surface area contributed by atoms with Gasteiger partial charge in [-0.15, -0.1) is 0 Å². The molecule has 0 aromatic rings. The number of aliphatic carboxylic acids is 2. The average molecular weight is 246 g/mol. The molecule has 7 nitrogen and oxygen atoms in total. The molecule has 0 aliphatic rings. The predicted octanol–water partition coefficient (Wildman–Crippen LogP) is 0.402. The van der Waals surface area contributed by atoms with Gasteiger partial charge in [-0.25, -0.2) is 9.59 Å². The van der Waals surface area contributed by atoms with Crippen molar-refractivity contribution < 1.29 is 24.6 Å². The third-order valence-corrected chi connectivity index (χ3v) is 2.30. The Morgan fingerprint density at radius 2 is 1.59 bits per heavy atom. The van der Waals surface area contributed by atoms with E-state index >= 15 is 0 Å². The van der Waals surface area contributed by atoms with Crippen molar-refractivity contribution in [2.45, 2.75) is 45.2 Å². The topological polar surface area (TPSA) is 116 Å². The van der Waals surface area contributed by atoms with Gasteiger partial charge in [0.2, 0.25) is 0 Å². The van der Waals surface area contributed by atoms with Gasteiger partial charge in [-0.1, -0.05) is 13.8 Å². The van der Waals surface area contributed by atoms with Gasteiger partial charge in [0.1, 0.15) is 6.04 Å². The van der Waals surface area contributed by atoms with Gasteiger partial charge < -0.3 is 20.8 Å². The molecule has 0 aromatic heterocycles. The summed E-state index contributed by atoms with van der Waals surface area (Å²) in [6, 6.07) is -2.12. The number of amides is 2. The third kappa shape index (κ3) is 6.39. The number of nitrogens with one attached hydrogen (secondary N) is 2. The van der Waals surface area contributed by atoms with E-state index in [1.807, 2.05) is 13.8 Å². The highest BCUT2D eigenvalue weighted by atomic mass is 16.4. The molecule has 1 atom stereocenters. The van der Waals surface area contributed by atoms with Crippen molar-refractivity contribution in [3.8, 4) is 0 Å². The fourth-order valence-corrected chi connectivity index (χ4v) is 1.25. The van der Waals surface area contributed by atoms with Gasteiger partial charge in [-0.05, 0) is 12.8 Å². The van der Waals surface area contributed by atoms with Crippen LogP contribution in [0.1, 0.15) is 33.1 Å². The van der Waals surface area contributed by atoms with E-state index in [0.29, 0.717) is 0 Å². The van der Waals surface area contributed by atoms with Gasteiger partial charge in [0.25, 0.3) is 0 Å². The summed E-state index contributed by atoms with van der Waals surface area (Å²) in [6.45, 7) is 3.78. The number of carbonyl (C=O) groups is 3. The van der Waals surface area contributed by atoms with Gasteiger partial charge in [-0.3, -0.25) is 4.79 Å². The van der Waals surface area contributed by atoms with Crippen LogP contribution in [0.3, 0.4) is 0 Å². The molecule has 2 amide bonds. The zero-order valence-corrected chi connectivity index (χ0v) is 9.90. The standard InChI is InChI=1S/C10H18N2O5/c1-3-6(4-2)11-10(17)12-7(9(15)16)5-8(13)14/h6-7H,3-5H2,1-2H3,(H,13,14)(H,15,16)(H2,11,12,17)/t7-/m1/s1. The second kappa shape index (κ2) is 7.48. The minimum Gasteiger partial charge on any atom is -0.481 e. The van der Waals surface area contributed by atoms with E-state index < -0.39 is 30.4 Å². The lowest BCUT2D eigenvalue weighted by molar-refractivity contribution is -0.145. The van der Waals surface area contributed by atoms with Crippen molar-refractivity contribution in [1.29, 1.82) is 0 Å². The summed E-state index contributed by atoms with van der Waals surface area (Å²) in [5.74, 6) is -2.65. The van der Waals surface area contributed by atoms with E-state index in [-0.39, 0.29) is 6.04 Å². The molecule has 0 aliphatic heterocycles. The molecule has 0 spiro atoms. The third-order valence-electron chi connectivity index (χ3n) is 2.30.